The van der Waals surface area contributed by atoms with Gasteiger partial charge in [-0.1, -0.05) is 20.3 Å². The van der Waals surface area contributed by atoms with E-state index in [4.69, 9.17) is 4.74 Å². The van der Waals surface area contributed by atoms with Crippen LogP contribution in [0.1, 0.15) is 26.7 Å². The summed E-state index contributed by atoms with van der Waals surface area (Å²) in [5.41, 5.74) is 0. The van der Waals surface area contributed by atoms with E-state index in [1.54, 1.807) is 7.11 Å². The van der Waals surface area contributed by atoms with Crippen LogP contribution in [0.4, 0.5) is 0 Å². The van der Waals surface area contributed by atoms with E-state index in [-0.39, 0.29) is 0 Å². The van der Waals surface area contributed by atoms with Gasteiger partial charge < -0.3 is 19.9 Å². The van der Waals surface area contributed by atoms with Crippen molar-refractivity contribution in [3.63, 3.8) is 0 Å². The normalized spacial score (nSPS) is 25.1. The summed E-state index contributed by atoms with van der Waals surface area (Å²) in [6.07, 6.45) is 2.62. The maximum absolute atomic E-state index is 5.13. The largest absolute Gasteiger partial charge is 0.383 e. The molecular weight excluding hydrogens is 238 g/mol. The highest BCUT2D eigenvalue weighted by atomic mass is 16.5. The second-order valence-electron chi connectivity index (χ2n) is 5.71. The summed E-state index contributed by atoms with van der Waals surface area (Å²) in [7, 11) is 1.79. The molecule has 2 aliphatic rings. The molecule has 0 radical (unpaired) electrons. The molecular formula is C15H33N3O. The zero-order valence-corrected chi connectivity index (χ0v) is 13.2. The molecule has 0 bridgehead atoms. The van der Waals surface area contributed by atoms with Crippen molar-refractivity contribution in [1.29, 1.82) is 0 Å². The second-order valence-corrected chi connectivity index (χ2v) is 5.71. The number of likely N-dealkylation sites (tertiary alicyclic amines) is 1. The van der Waals surface area contributed by atoms with Crippen molar-refractivity contribution in [2.75, 3.05) is 66.1 Å². The van der Waals surface area contributed by atoms with Crippen molar-refractivity contribution < 1.29 is 4.74 Å². The molecule has 2 fully saturated rings. The van der Waals surface area contributed by atoms with E-state index in [1.807, 2.05) is 0 Å². The molecule has 0 spiro atoms. The van der Waals surface area contributed by atoms with Crippen molar-refractivity contribution in [3.8, 4) is 0 Å². The molecule has 1 N–H and O–H groups in total. The molecule has 0 aromatic heterocycles. The molecule has 2 saturated heterocycles. The molecule has 0 unspecified atom stereocenters. The molecule has 0 aromatic carbocycles. The summed E-state index contributed by atoms with van der Waals surface area (Å²) < 4.78 is 5.13. The summed E-state index contributed by atoms with van der Waals surface area (Å²) in [5.74, 6) is 0.884. The van der Waals surface area contributed by atoms with Gasteiger partial charge in [0.05, 0.1) is 6.61 Å². The van der Waals surface area contributed by atoms with E-state index in [1.165, 1.54) is 58.7 Å². The molecule has 2 rings (SSSR count). The molecule has 0 saturated carbocycles. The van der Waals surface area contributed by atoms with Crippen LogP contribution in [-0.4, -0.2) is 75.9 Å². The van der Waals surface area contributed by atoms with Gasteiger partial charge in [0.2, 0.25) is 0 Å². The summed E-state index contributed by atoms with van der Waals surface area (Å²) in [6.45, 7) is 14.9. The molecule has 2 aliphatic heterocycles. The summed E-state index contributed by atoms with van der Waals surface area (Å²) in [4.78, 5) is 5.15. The summed E-state index contributed by atoms with van der Waals surface area (Å²) >= 11 is 0. The van der Waals surface area contributed by atoms with Gasteiger partial charge >= 0.3 is 0 Å². The van der Waals surface area contributed by atoms with Crippen LogP contribution in [0.5, 0.6) is 0 Å². The first kappa shape index (κ1) is 16.9. The average Bonchev–Trinajstić information content (AvgIpc) is 2.86. The smallest absolute Gasteiger partial charge is 0.0589 e. The van der Waals surface area contributed by atoms with E-state index in [9.17, 15) is 0 Å². The maximum Gasteiger partial charge on any atom is 0.0589 e. The summed E-state index contributed by atoms with van der Waals surface area (Å²) in [6, 6.07) is 0. The molecule has 114 valence electrons. The van der Waals surface area contributed by atoms with E-state index >= 15 is 0 Å². The van der Waals surface area contributed by atoms with Crippen LogP contribution < -0.4 is 5.32 Å². The SMILES string of the molecule is CCC.COCCN1CC[C@H](CN2CCNCC2)C1. The number of piperazine rings is 1. The van der Waals surface area contributed by atoms with Crippen LogP contribution in [0.2, 0.25) is 0 Å². The van der Waals surface area contributed by atoms with Gasteiger partial charge in [-0.2, -0.15) is 0 Å². The molecule has 1 atom stereocenters. The van der Waals surface area contributed by atoms with E-state index < -0.39 is 0 Å². The number of methoxy groups -OCH3 is 1. The topological polar surface area (TPSA) is 27.7 Å². The lowest BCUT2D eigenvalue weighted by Gasteiger charge is -2.29. The predicted octanol–water partition coefficient (Wildman–Crippen LogP) is 1.28. The number of ether oxygens (including phenoxy) is 1. The molecule has 2 heterocycles. The van der Waals surface area contributed by atoms with Crippen molar-refractivity contribution in [1.82, 2.24) is 15.1 Å². The highest BCUT2D eigenvalue weighted by Crippen LogP contribution is 2.17. The molecule has 4 nitrogen and oxygen atoms in total. The first-order valence-corrected chi connectivity index (χ1v) is 7.94. The fourth-order valence-corrected chi connectivity index (χ4v) is 2.74. The third-order valence-electron chi connectivity index (χ3n) is 3.71. The molecule has 0 aromatic rings. The first-order chi connectivity index (χ1) is 9.30. The fourth-order valence-electron chi connectivity index (χ4n) is 2.74. The zero-order chi connectivity index (χ0) is 13.9. The van der Waals surface area contributed by atoms with Gasteiger partial charge in [0.15, 0.2) is 0 Å². The van der Waals surface area contributed by atoms with Crippen molar-refractivity contribution >= 4 is 0 Å². The Morgan fingerprint density at radius 1 is 1.11 bits per heavy atom. The third kappa shape index (κ3) is 7.25. The predicted molar refractivity (Wildman–Crippen MR) is 81.7 cm³/mol. The minimum absolute atomic E-state index is 0.875. The van der Waals surface area contributed by atoms with Crippen LogP contribution in [0.25, 0.3) is 0 Å². The Morgan fingerprint density at radius 2 is 1.79 bits per heavy atom. The van der Waals surface area contributed by atoms with Crippen molar-refractivity contribution in [2.24, 2.45) is 5.92 Å². The monoisotopic (exact) mass is 271 g/mol. The number of hydrogen-bond donors (Lipinski definition) is 1. The average molecular weight is 271 g/mol. The van der Waals surface area contributed by atoms with Crippen molar-refractivity contribution in [2.45, 2.75) is 26.7 Å². The Labute approximate surface area is 119 Å². The van der Waals surface area contributed by atoms with Crippen LogP contribution in [0, 0.1) is 5.92 Å². The van der Waals surface area contributed by atoms with Gasteiger partial charge in [0.25, 0.3) is 0 Å². The minimum atomic E-state index is 0.875. The number of rotatable bonds is 5. The lowest BCUT2D eigenvalue weighted by molar-refractivity contribution is 0.154. The van der Waals surface area contributed by atoms with Crippen LogP contribution >= 0.6 is 0 Å². The highest BCUT2D eigenvalue weighted by molar-refractivity contribution is 4.79. The highest BCUT2D eigenvalue weighted by Gasteiger charge is 2.24. The molecule has 0 aliphatic carbocycles. The molecule has 4 heteroatoms. The number of hydrogen-bond acceptors (Lipinski definition) is 4. The van der Waals surface area contributed by atoms with Gasteiger partial charge in [-0.15, -0.1) is 0 Å². The van der Waals surface area contributed by atoms with E-state index in [2.05, 4.69) is 29.0 Å². The number of nitrogens with one attached hydrogen (secondary N) is 1. The van der Waals surface area contributed by atoms with Crippen molar-refractivity contribution in [3.05, 3.63) is 0 Å². The first-order valence-electron chi connectivity index (χ1n) is 7.94. The second kappa shape index (κ2) is 10.6. The third-order valence-corrected chi connectivity index (χ3v) is 3.71. The van der Waals surface area contributed by atoms with Gasteiger partial charge in [0.1, 0.15) is 0 Å². The van der Waals surface area contributed by atoms with Crippen LogP contribution in [-0.2, 0) is 4.74 Å². The Bertz CT molecular complexity index is 208. The number of nitrogens with zero attached hydrogens (tertiary/aromatic N) is 2. The minimum Gasteiger partial charge on any atom is -0.383 e. The Kier molecular flexibility index (Phi) is 9.43. The molecule has 0 amide bonds. The van der Waals surface area contributed by atoms with E-state index in [0.717, 1.165) is 19.1 Å². The van der Waals surface area contributed by atoms with Gasteiger partial charge in [0, 0.05) is 52.9 Å². The van der Waals surface area contributed by atoms with Gasteiger partial charge in [-0.05, 0) is 18.9 Å². The summed E-state index contributed by atoms with van der Waals surface area (Å²) in [5, 5.41) is 3.41. The Morgan fingerprint density at radius 3 is 2.42 bits per heavy atom. The van der Waals surface area contributed by atoms with Gasteiger partial charge in [-0.3, -0.25) is 0 Å². The lowest BCUT2D eigenvalue weighted by Crippen LogP contribution is -2.45. The Balaban J connectivity index is 0.000000550. The van der Waals surface area contributed by atoms with Gasteiger partial charge in [-0.25, -0.2) is 0 Å². The quantitative estimate of drug-likeness (QED) is 0.815. The standard InChI is InChI=1S/C12H25N3O.C3H8/c1-16-9-8-14-5-2-12(10-14)11-15-6-3-13-4-7-15;1-3-2/h12-13H,2-11H2,1H3;3H2,1-2H3/t12-;/m0./s1. The van der Waals surface area contributed by atoms with Crippen LogP contribution in [0.3, 0.4) is 0 Å². The fraction of sp³-hybridized carbons (Fsp3) is 1.00. The zero-order valence-electron chi connectivity index (χ0n) is 13.2. The Hall–Kier alpha value is -0.160. The van der Waals surface area contributed by atoms with E-state index in [0.29, 0.717) is 0 Å². The maximum atomic E-state index is 5.13. The lowest BCUT2D eigenvalue weighted by atomic mass is 10.1. The van der Waals surface area contributed by atoms with Crippen LogP contribution in [0.15, 0.2) is 0 Å². The molecule has 19 heavy (non-hydrogen) atoms.